The van der Waals surface area contributed by atoms with E-state index in [0.717, 1.165) is 36.0 Å². The van der Waals surface area contributed by atoms with Crippen molar-refractivity contribution in [3.63, 3.8) is 0 Å². The summed E-state index contributed by atoms with van der Waals surface area (Å²) in [5.74, 6) is 0.296. The van der Waals surface area contributed by atoms with E-state index in [4.69, 9.17) is 4.74 Å². The lowest BCUT2D eigenvalue weighted by Crippen LogP contribution is -2.18. The van der Waals surface area contributed by atoms with Gasteiger partial charge in [0.15, 0.2) is 11.6 Å². The molecule has 0 saturated carbocycles. The fourth-order valence-electron chi connectivity index (χ4n) is 3.20. The molecule has 1 fully saturated rings. The molecule has 24 heavy (non-hydrogen) atoms. The summed E-state index contributed by atoms with van der Waals surface area (Å²) in [7, 11) is 0. The fraction of sp³-hybridized carbons (Fsp3) is 0.250. The molecule has 0 bridgehead atoms. The summed E-state index contributed by atoms with van der Waals surface area (Å²) < 4.78 is 20.2. The Hall–Kier alpha value is -2.46. The quantitative estimate of drug-likeness (QED) is 0.692. The predicted molar refractivity (Wildman–Crippen MR) is 92.7 cm³/mol. The van der Waals surface area contributed by atoms with Crippen LogP contribution < -0.4 is 4.74 Å². The highest BCUT2D eigenvalue weighted by atomic mass is 19.1. The summed E-state index contributed by atoms with van der Waals surface area (Å²) >= 11 is 0. The van der Waals surface area contributed by atoms with Gasteiger partial charge in [-0.25, -0.2) is 9.37 Å². The van der Waals surface area contributed by atoms with Gasteiger partial charge in [-0.05, 0) is 61.1 Å². The minimum Gasteiger partial charge on any atom is -0.435 e. The molecule has 0 N–H and O–H groups in total. The van der Waals surface area contributed by atoms with Crippen molar-refractivity contribution in [1.29, 1.82) is 0 Å². The molecule has 122 valence electrons. The zero-order valence-electron chi connectivity index (χ0n) is 13.4. The molecule has 0 unspecified atom stereocenters. The van der Waals surface area contributed by atoms with Crippen molar-refractivity contribution < 1.29 is 9.13 Å². The molecule has 3 aromatic rings. The number of rotatable bonds is 4. The van der Waals surface area contributed by atoms with Crippen LogP contribution in [0.15, 0.2) is 54.7 Å². The second-order valence-electron chi connectivity index (χ2n) is 6.19. The molecule has 1 aliphatic heterocycles. The molecular formula is C20H19FN2O. The third-order valence-corrected chi connectivity index (χ3v) is 4.44. The molecule has 2 heterocycles. The van der Waals surface area contributed by atoms with E-state index >= 15 is 0 Å². The Labute approximate surface area is 140 Å². The van der Waals surface area contributed by atoms with Crippen LogP contribution >= 0.6 is 0 Å². The van der Waals surface area contributed by atoms with Crippen LogP contribution in [-0.4, -0.2) is 23.0 Å². The van der Waals surface area contributed by atoms with Crippen molar-refractivity contribution in [1.82, 2.24) is 9.88 Å². The number of fused-ring (bicyclic) bond motifs is 1. The van der Waals surface area contributed by atoms with Crippen LogP contribution in [0.4, 0.5) is 4.39 Å². The highest BCUT2D eigenvalue weighted by Gasteiger charge is 2.14. The van der Waals surface area contributed by atoms with E-state index in [2.05, 4.69) is 9.88 Å². The minimum absolute atomic E-state index is 0.212. The summed E-state index contributed by atoms with van der Waals surface area (Å²) in [6.07, 6.45) is 4.14. The lowest BCUT2D eigenvalue weighted by atomic mass is 10.1. The molecule has 0 spiro atoms. The topological polar surface area (TPSA) is 25.4 Å². The molecule has 1 aromatic heterocycles. The Kier molecular flexibility index (Phi) is 4.13. The van der Waals surface area contributed by atoms with E-state index in [1.807, 2.05) is 36.4 Å². The number of hydrogen-bond donors (Lipinski definition) is 0. The van der Waals surface area contributed by atoms with Gasteiger partial charge in [0.1, 0.15) is 0 Å². The molecule has 2 aromatic carbocycles. The average molecular weight is 322 g/mol. The number of nitrogens with zero attached hydrogens (tertiary/aromatic N) is 2. The highest BCUT2D eigenvalue weighted by Crippen LogP contribution is 2.29. The summed E-state index contributed by atoms with van der Waals surface area (Å²) in [6, 6.07) is 14.9. The van der Waals surface area contributed by atoms with Gasteiger partial charge in [-0.3, -0.25) is 4.90 Å². The van der Waals surface area contributed by atoms with Crippen LogP contribution in [-0.2, 0) is 6.54 Å². The molecule has 1 aliphatic rings. The van der Waals surface area contributed by atoms with Gasteiger partial charge in [-0.1, -0.05) is 24.3 Å². The number of ether oxygens (including phenoxy) is 1. The first-order valence-electron chi connectivity index (χ1n) is 8.32. The Morgan fingerprint density at radius 1 is 1.04 bits per heavy atom. The standard InChI is InChI=1S/C20H19FN2O/c21-18-13-15(14-23-11-3-4-12-23)7-8-19(18)24-20-17-6-2-1-5-16(17)9-10-22-20/h1-2,5-10,13H,3-4,11-12,14H2. The summed E-state index contributed by atoms with van der Waals surface area (Å²) in [5, 5.41) is 1.90. The van der Waals surface area contributed by atoms with E-state index in [1.54, 1.807) is 18.3 Å². The van der Waals surface area contributed by atoms with E-state index in [-0.39, 0.29) is 11.6 Å². The zero-order chi connectivity index (χ0) is 16.4. The maximum absolute atomic E-state index is 14.4. The van der Waals surface area contributed by atoms with Crippen molar-refractivity contribution in [3.05, 3.63) is 66.1 Å². The molecule has 0 radical (unpaired) electrons. The maximum atomic E-state index is 14.4. The molecule has 4 heteroatoms. The van der Waals surface area contributed by atoms with Gasteiger partial charge >= 0.3 is 0 Å². The molecule has 0 atom stereocenters. The molecule has 0 aliphatic carbocycles. The summed E-state index contributed by atoms with van der Waals surface area (Å²) in [5.41, 5.74) is 0.979. The number of aromatic nitrogens is 1. The van der Waals surface area contributed by atoms with Crippen LogP contribution in [0.5, 0.6) is 11.6 Å². The lowest BCUT2D eigenvalue weighted by Gasteiger charge is -2.15. The van der Waals surface area contributed by atoms with E-state index in [9.17, 15) is 4.39 Å². The monoisotopic (exact) mass is 322 g/mol. The van der Waals surface area contributed by atoms with Crippen molar-refractivity contribution in [2.24, 2.45) is 0 Å². The Morgan fingerprint density at radius 2 is 1.88 bits per heavy atom. The number of benzene rings is 2. The van der Waals surface area contributed by atoms with E-state index in [0.29, 0.717) is 5.88 Å². The van der Waals surface area contributed by atoms with Crippen LogP contribution in [0, 0.1) is 5.82 Å². The molecular weight excluding hydrogens is 303 g/mol. The van der Waals surface area contributed by atoms with Crippen molar-refractivity contribution >= 4 is 10.8 Å². The first-order chi connectivity index (χ1) is 11.8. The number of halogens is 1. The molecule has 3 nitrogen and oxygen atoms in total. The first-order valence-corrected chi connectivity index (χ1v) is 8.32. The van der Waals surface area contributed by atoms with Crippen LogP contribution in [0.1, 0.15) is 18.4 Å². The smallest absolute Gasteiger partial charge is 0.227 e. The van der Waals surface area contributed by atoms with Gasteiger partial charge in [-0.2, -0.15) is 0 Å². The van der Waals surface area contributed by atoms with Crippen molar-refractivity contribution in [3.8, 4) is 11.6 Å². The number of pyridine rings is 1. The van der Waals surface area contributed by atoms with Gasteiger partial charge in [-0.15, -0.1) is 0 Å². The Morgan fingerprint density at radius 3 is 2.71 bits per heavy atom. The van der Waals surface area contributed by atoms with Gasteiger partial charge in [0.2, 0.25) is 5.88 Å². The maximum Gasteiger partial charge on any atom is 0.227 e. The summed E-state index contributed by atoms with van der Waals surface area (Å²) in [4.78, 5) is 6.60. The normalized spacial score (nSPS) is 15.0. The lowest BCUT2D eigenvalue weighted by molar-refractivity contribution is 0.330. The zero-order valence-corrected chi connectivity index (χ0v) is 13.4. The fourth-order valence-corrected chi connectivity index (χ4v) is 3.20. The highest BCUT2D eigenvalue weighted by molar-refractivity contribution is 5.86. The molecule has 0 amide bonds. The van der Waals surface area contributed by atoms with Crippen LogP contribution in [0.3, 0.4) is 0 Å². The van der Waals surface area contributed by atoms with Gasteiger partial charge < -0.3 is 4.74 Å². The van der Waals surface area contributed by atoms with Crippen molar-refractivity contribution in [2.45, 2.75) is 19.4 Å². The van der Waals surface area contributed by atoms with Gasteiger partial charge in [0, 0.05) is 18.1 Å². The molecule has 4 rings (SSSR count). The number of hydrogen-bond acceptors (Lipinski definition) is 3. The van der Waals surface area contributed by atoms with Crippen LogP contribution in [0.2, 0.25) is 0 Å². The third-order valence-electron chi connectivity index (χ3n) is 4.44. The third kappa shape index (κ3) is 3.10. The van der Waals surface area contributed by atoms with E-state index in [1.165, 1.54) is 12.8 Å². The predicted octanol–water partition coefficient (Wildman–Crippen LogP) is 4.76. The second kappa shape index (κ2) is 6.57. The first kappa shape index (κ1) is 15.1. The van der Waals surface area contributed by atoms with Gasteiger partial charge in [0.25, 0.3) is 0 Å². The average Bonchev–Trinajstić information content (AvgIpc) is 3.10. The minimum atomic E-state index is -0.346. The largest absolute Gasteiger partial charge is 0.435 e. The van der Waals surface area contributed by atoms with Gasteiger partial charge in [0.05, 0.1) is 0 Å². The molecule has 1 saturated heterocycles. The second-order valence-corrected chi connectivity index (χ2v) is 6.19. The Balaban J connectivity index is 1.57. The van der Waals surface area contributed by atoms with Crippen molar-refractivity contribution in [2.75, 3.05) is 13.1 Å². The summed E-state index contributed by atoms with van der Waals surface area (Å²) in [6.45, 7) is 2.99. The van der Waals surface area contributed by atoms with E-state index < -0.39 is 0 Å². The van der Waals surface area contributed by atoms with Crippen LogP contribution in [0.25, 0.3) is 10.8 Å². The Bertz CT molecular complexity index is 854. The SMILES string of the molecule is Fc1cc(CN2CCCC2)ccc1Oc1nccc2ccccc12. The number of likely N-dealkylation sites (tertiary alicyclic amines) is 1.